The Labute approximate surface area is 160 Å². The number of carbonyl (C=O) groups is 2. The smallest absolute Gasteiger partial charge is 0.329 e. The number of aromatic hydroxyl groups is 1. The van der Waals surface area contributed by atoms with Crippen LogP contribution in [0.15, 0.2) is 41.5 Å². The number of anilines is 1. The number of carbonyl (C=O) groups excluding carboxylic acids is 2. The van der Waals surface area contributed by atoms with Gasteiger partial charge in [-0.2, -0.15) is 5.10 Å². The van der Waals surface area contributed by atoms with Gasteiger partial charge in [0, 0.05) is 11.8 Å². The van der Waals surface area contributed by atoms with E-state index in [1.54, 1.807) is 31.2 Å². The number of methoxy groups -OCH3 is 1. The molecule has 0 spiro atoms. The quantitative estimate of drug-likeness (QED) is 0.398. The minimum atomic E-state index is -0.955. The molecule has 3 N–H and O–H groups in total. The number of nitrogens with one attached hydrogen (secondary N) is 2. The fourth-order valence-electron chi connectivity index (χ4n) is 2.04. The van der Waals surface area contributed by atoms with Crippen LogP contribution >= 0.6 is 11.6 Å². The summed E-state index contributed by atoms with van der Waals surface area (Å²) in [5.41, 5.74) is 2.98. The lowest BCUT2D eigenvalue weighted by Crippen LogP contribution is -2.32. The van der Waals surface area contributed by atoms with E-state index in [2.05, 4.69) is 15.8 Å². The Morgan fingerprint density at radius 2 is 2.04 bits per heavy atom. The largest absolute Gasteiger partial charge is 0.503 e. The lowest BCUT2D eigenvalue weighted by Gasteiger charge is -2.08. The van der Waals surface area contributed by atoms with Crippen LogP contribution in [0.4, 0.5) is 5.69 Å². The van der Waals surface area contributed by atoms with Gasteiger partial charge in [-0.05, 0) is 36.8 Å². The number of phenolic OH excluding ortho intramolecular Hbond substituents is 1. The number of ether oxygens (including phenoxy) is 2. The van der Waals surface area contributed by atoms with Crippen molar-refractivity contribution in [3.63, 3.8) is 0 Å². The number of amides is 2. The van der Waals surface area contributed by atoms with Crippen LogP contribution in [0.1, 0.15) is 12.5 Å². The van der Waals surface area contributed by atoms with Gasteiger partial charge in [-0.1, -0.05) is 17.7 Å². The molecule has 2 aromatic carbocycles. The first-order chi connectivity index (χ1) is 12.9. The van der Waals surface area contributed by atoms with Gasteiger partial charge in [0.15, 0.2) is 11.5 Å². The Bertz CT molecular complexity index is 870. The molecule has 9 heteroatoms. The Morgan fingerprint density at radius 1 is 1.26 bits per heavy atom. The van der Waals surface area contributed by atoms with E-state index >= 15 is 0 Å². The van der Waals surface area contributed by atoms with Crippen molar-refractivity contribution in [2.75, 3.05) is 19.0 Å². The van der Waals surface area contributed by atoms with E-state index in [9.17, 15) is 14.7 Å². The molecule has 0 aliphatic carbocycles. The minimum Gasteiger partial charge on any atom is -0.503 e. The Hall–Kier alpha value is -3.26. The number of rotatable bonds is 6. The fraction of sp³-hybridized carbons (Fsp3) is 0.167. The number of hydrogen-bond acceptors (Lipinski definition) is 6. The molecule has 0 atom stereocenters. The van der Waals surface area contributed by atoms with Crippen molar-refractivity contribution < 1.29 is 24.2 Å². The van der Waals surface area contributed by atoms with Gasteiger partial charge in [-0.15, -0.1) is 0 Å². The molecule has 0 saturated heterocycles. The molecule has 2 rings (SSSR count). The summed E-state index contributed by atoms with van der Waals surface area (Å²) in [6, 6.07) is 9.50. The summed E-state index contributed by atoms with van der Waals surface area (Å²) in [7, 11) is 1.49. The minimum absolute atomic E-state index is 0.0736. The van der Waals surface area contributed by atoms with Gasteiger partial charge < -0.3 is 19.9 Å². The highest BCUT2D eigenvalue weighted by Gasteiger charge is 2.13. The van der Waals surface area contributed by atoms with Gasteiger partial charge in [0.25, 0.3) is 0 Å². The van der Waals surface area contributed by atoms with Gasteiger partial charge >= 0.3 is 11.8 Å². The lowest BCUT2D eigenvalue weighted by molar-refractivity contribution is -0.136. The van der Waals surface area contributed by atoms with Crippen molar-refractivity contribution in [1.82, 2.24) is 5.43 Å². The summed E-state index contributed by atoms with van der Waals surface area (Å²) < 4.78 is 10.3. The molecular formula is C18H18ClN3O5. The molecule has 0 aliphatic heterocycles. The molecule has 2 aromatic rings. The van der Waals surface area contributed by atoms with E-state index in [1.807, 2.05) is 0 Å². The summed E-state index contributed by atoms with van der Waals surface area (Å²) in [6.07, 6.45) is 1.27. The highest BCUT2D eigenvalue weighted by Crippen LogP contribution is 2.34. The maximum absolute atomic E-state index is 11.9. The Morgan fingerprint density at radius 3 is 2.74 bits per heavy atom. The van der Waals surface area contributed by atoms with Gasteiger partial charge in [0.1, 0.15) is 5.75 Å². The highest BCUT2D eigenvalue weighted by atomic mass is 35.5. The zero-order valence-electron chi connectivity index (χ0n) is 14.7. The van der Waals surface area contributed by atoms with Crippen molar-refractivity contribution in [1.29, 1.82) is 0 Å². The Kier molecular flexibility index (Phi) is 7.01. The van der Waals surface area contributed by atoms with Crippen LogP contribution in [0.25, 0.3) is 0 Å². The van der Waals surface area contributed by atoms with E-state index in [0.717, 1.165) is 0 Å². The second-order valence-corrected chi connectivity index (χ2v) is 5.57. The number of hydrogen-bond donors (Lipinski definition) is 3. The average molecular weight is 392 g/mol. The number of hydrazone groups is 1. The summed E-state index contributed by atoms with van der Waals surface area (Å²) in [4.78, 5) is 23.7. The van der Waals surface area contributed by atoms with Crippen LogP contribution in [0.3, 0.4) is 0 Å². The zero-order chi connectivity index (χ0) is 19.8. The third-order valence-corrected chi connectivity index (χ3v) is 3.55. The first kappa shape index (κ1) is 20.1. The van der Waals surface area contributed by atoms with E-state index in [1.165, 1.54) is 25.5 Å². The van der Waals surface area contributed by atoms with Crippen molar-refractivity contribution >= 4 is 35.3 Å². The second-order valence-electron chi connectivity index (χ2n) is 5.17. The molecule has 8 nitrogen and oxygen atoms in total. The normalized spacial score (nSPS) is 10.5. The summed E-state index contributed by atoms with van der Waals surface area (Å²) >= 11 is 5.91. The number of nitrogens with zero attached hydrogens (tertiary/aromatic N) is 1. The zero-order valence-corrected chi connectivity index (χ0v) is 15.4. The molecule has 0 radical (unpaired) electrons. The first-order valence-corrected chi connectivity index (χ1v) is 8.26. The molecular weight excluding hydrogens is 374 g/mol. The summed E-state index contributed by atoms with van der Waals surface area (Å²) in [5.74, 6) is -1.30. The number of halogens is 1. The molecule has 27 heavy (non-hydrogen) atoms. The van der Waals surface area contributed by atoms with E-state index in [0.29, 0.717) is 23.6 Å². The van der Waals surface area contributed by atoms with Crippen molar-refractivity contribution in [3.05, 3.63) is 47.0 Å². The molecule has 0 aromatic heterocycles. The van der Waals surface area contributed by atoms with Crippen LogP contribution in [-0.4, -0.2) is 36.9 Å². The fourth-order valence-corrected chi connectivity index (χ4v) is 2.26. The molecule has 0 heterocycles. The van der Waals surface area contributed by atoms with Crippen LogP contribution in [0.2, 0.25) is 5.02 Å². The first-order valence-electron chi connectivity index (χ1n) is 7.88. The second kappa shape index (κ2) is 9.44. The molecule has 2 amide bonds. The summed E-state index contributed by atoms with van der Waals surface area (Å²) in [5, 5.41) is 16.0. The van der Waals surface area contributed by atoms with E-state index in [-0.39, 0.29) is 16.5 Å². The topological polar surface area (TPSA) is 109 Å². The summed E-state index contributed by atoms with van der Waals surface area (Å²) in [6.45, 7) is 2.10. The number of phenols is 1. The monoisotopic (exact) mass is 391 g/mol. The highest BCUT2D eigenvalue weighted by molar-refractivity contribution is 6.39. The SMILES string of the molecule is CCOc1cc(/C=N\NC(=O)C(=O)Nc2cccc(OC)c2)cc(Cl)c1O. The molecule has 142 valence electrons. The predicted molar refractivity (Wildman–Crippen MR) is 102 cm³/mol. The third kappa shape index (κ3) is 5.61. The molecule has 0 aliphatic rings. The molecule has 0 bridgehead atoms. The van der Waals surface area contributed by atoms with Crippen molar-refractivity contribution in [3.8, 4) is 17.2 Å². The maximum atomic E-state index is 11.9. The lowest BCUT2D eigenvalue weighted by atomic mass is 10.2. The van der Waals surface area contributed by atoms with Gasteiger partial charge in [0.2, 0.25) is 0 Å². The molecule has 0 unspecified atom stereocenters. The van der Waals surface area contributed by atoms with Crippen LogP contribution in [0.5, 0.6) is 17.2 Å². The number of benzene rings is 2. The van der Waals surface area contributed by atoms with Crippen LogP contribution in [0, 0.1) is 0 Å². The van der Waals surface area contributed by atoms with Crippen LogP contribution in [-0.2, 0) is 9.59 Å². The predicted octanol–water partition coefficient (Wildman–Crippen LogP) is 2.54. The van der Waals surface area contributed by atoms with Crippen LogP contribution < -0.4 is 20.2 Å². The van der Waals surface area contributed by atoms with Gasteiger partial charge in [-0.25, -0.2) is 5.43 Å². The van der Waals surface area contributed by atoms with Gasteiger partial charge in [0.05, 0.1) is 25.0 Å². The van der Waals surface area contributed by atoms with E-state index < -0.39 is 11.8 Å². The van der Waals surface area contributed by atoms with Crippen molar-refractivity contribution in [2.45, 2.75) is 6.92 Å². The average Bonchev–Trinajstić information content (AvgIpc) is 2.65. The maximum Gasteiger partial charge on any atom is 0.329 e. The van der Waals surface area contributed by atoms with E-state index in [4.69, 9.17) is 21.1 Å². The standard InChI is InChI=1S/C18H18ClN3O5/c1-3-27-15-8-11(7-14(19)16(15)23)10-20-22-18(25)17(24)21-12-5-4-6-13(9-12)26-2/h4-10,23H,3H2,1-2H3,(H,21,24)(H,22,25)/b20-10-. The molecule has 0 saturated carbocycles. The molecule has 0 fully saturated rings. The third-order valence-electron chi connectivity index (χ3n) is 3.26. The Balaban J connectivity index is 1.98. The van der Waals surface area contributed by atoms with Gasteiger partial charge in [-0.3, -0.25) is 9.59 Å². The van der Waals surface area contributed by atoms with Crippen molar-refractivity contribution in [2.24, 2.45) is 5.10 Å².